The molecule has 16 heavy (non-hydrogen) atoms. The Labute approximate surface area is 98.2 Å². The smallest absolute Gasteiger partial charge is 0.250 e. The highest BCUT2D eigenvalue weighted by Crippen LogP contribution is 2.18. The summed E-state index contributed by atoms with van der Waals surface area (Å²) in [5, 5.41) is 9.17. The first-order chi connectivity index (χ1) is 7.50. The van der Waals surface area contributed by atoms with Gasteiger partial charge in [0.15, 0.2) is 0 Å². The monoisotopic (exact) mass is 228 g/mol. The van der Waals surface area contributed by atoms with E-state index in [1.807, 2.05) is 0 Å². The van der Waals surface area contributed by atoms with Crippen LogP contribution in [0.2, 0.25) is 0 Å². The van der Waals surface area contributed by atoms with E-state index in [2.05, 4.69) is 11.9 Å². The molecule has 1 rings (SSSR count). The fourth-order valence-corrected chi connectivity index (χ4v) is 2.31. The Hall–Kier alpha value is -0.610. The van der Waals surface area contributed by atoms with Crippen LogP contribution >= 0.6 is 0 Å². The van der Waals surface area contributed by atoms with Crippen LogP contribution in [0.15, 0.2) is 0 Å². The summed E-state index contributed by atoms with van der Waals surface area (Å²) >= 11 is 0. The highest BCUT2D eigenvalue weighted by molar-refractivity contribution is 5.79. The maximum absolute atomic E-state index is 11.4. The van der Waals surface area contributed by atoms with Crippen LogP contribution in [0.3, 0.4) is 0 Å². The molecule has 1 saturated heterocycles. The molecule has 4 nitrogen and oxygen atoms in total. The number of rotatable bonds is 4. The highest BCUT2D eigenvalue weighted by Gasteiger charge is 2.19. The van der Waals surface area contributed by atoms with Crippen LogP contribution < -0.4 is 0 Å². The van der Waals surface area contributed by atoms with E-state index < -0.39 is 6.10 Å². The number of aliphatic hydroxyl groups is 1. The summed E-state index contributed by atoms with van der Waals surface area (Å²) in [7, 11) is 3.92. The molecule has 0 aromatic heterocycles. The molecule has 0 aromatic rings. The average molecular weight is 228 g/mol. The Morgan fingerprint density at radius 3 is 2.88 bits per heavy atom. The second kappa shape index (κ2) is 6.21. The molecule has 0 bridgehead atoms. The van der Waals surface area contributed by atoms with E-state index in [0.717, 1.165) is 19.5 Å². The fraction of sp³-hybridized carbons (Fsp3) is 0.917. The van der Waals surface area contributed by atoms with Crippen molar-refractivity contribution >= 4 is 5.91 Å². The minimum Gasteiger partial charge on any atom is -0.384 e. The maximum atomic E-state index is 11.4. The minimum atomic E-state index is -0.876. The van der Waals surface area contributed by atoms with E-state index in [9.17, 15) is 9.90 Å². The van der Waals surface area contributed by atoms with Crippen LogP contribution in [-0.2, 0) is 4.79 Å². The normalized spacial score (nSPS) is 24.1. The quantitative estimate of drug-likeness (QED) is 0.764. The molecule has 1 N–H and O–H groups in total. The third-order valence-electron chi connectivity index (χ3n) is 3.33. The van der Waals surface area contributed by atoms with Crippen molar-refractivity contribution in [2.24, 2.45) is 5.92 Å². The lowest BCUT2D eigenvalue weighted by atomic mass is 9.95. The zero-order valence-electron chi connectivity index (χ0n) is 10.6. The van der Waals surface area contributed by atoms with E-state index in [1.165, 1.54) is 26.3 Å². The molecule has 0 spiro atoms. The van der Waals surface area contributed by atoms with Gasteiger partial charge in [-0.2, -0.15) is 0 Å². The summed E-state index contributed by atoms with van der Waals surface area (Å²) in [5.41, 5.74) is 0. The van der Waals surface area contributed by atoms with Gasteiger partial charge < -0.3 is 14.9 Å². The second-order valence-electron chi connectivity index (χ2n) is 4.99. The molecular weight excluding hydrogens is 204 g/mol. The van der Waals surface area contributed by atoms with Crippen molar-refractivity contribution < 1.29 is 9.90 Å². The third kappa shape index (κ3) is 4.10. The number of aliphatic hydroxyl groups excluding tert-OH is 1. The molecule has 4 heteroatoms. The average Bonchev–Trinajstić information content (AvgIpc) is 2.24. The summed E-state index contributed by atoms with van der Waals surface area (Å²) in [6, 6.07) is 0. The number of hydrogen-bond donors (Lipinski definition) is 1. The molecule has 1 aliphatic heterocycles. The predicted octanol–water partition coefficient (Wildman–Crippen LogP) is 0.557. The fourth-order valence-electron chi connectivity index (χ4n) is 2.31. The zero-order chi connectivity index (χ0) is 12.1. The Balaban J connectivity index is 2.25. The molecule has 2 atom stereocenters. The van der Waals surface area contributed by atoms with Crippen molar-refractivity contribution in [3.8, 4) is 0 Å². The van der Waals surface area contributed by atoms with Gasteiger partial charge in [-0.1, -0.05) is 0 Å². The number of likely N-dealkylation sites (N-methyl/N-ethyl adjacent to an activating group) is 1. The lowest BCUT2D eigenvalue weighted by Crippen LogP contribution is -2.38. The molecule has 1 aliphatic rings. The van der Waals surface area contributed by atoms with E-state index in [1.54, 1.807) is 11.9 Å². The van der Waals surface area contributed by atoms with Gasteiger partial charge in [0.2, 0.25) is 0 Å². The number of hydrogen-bond acceptors (Lipinski definition) is 3. The van der Waals surface area contributed by atoms with Gasteiger partial charge in [-0.15, -0.1) is 0 Å². The molecule has 0 aromatic carbocycles. The van der Waals surface area contributed by atoms with Crippen LogP contribution in [-0.4, -0.2) is 60.6 Å². The Kier molecular flexibility index (Phi) is 5.22. The molecule has 1 heterocycles. The van der Waals surface area contributed by atoms with Gasteiger partial charge in [-0.05, 0) is 45.7 Å². The lowest BCUT2D eigenvalue weighted by molar-refractivity contribution is -0.138. The van der Waals surface area contributed by atoms with Gasteiger partial charge >= 0.3 is 0 Å². The predicted molar refractivity (Wildman–Crippen MR) is 64.2 cm³/mol. The topological polar surface area (TPSA) is 43.8 Å². The summed E-state index contributed by atoms with van der Waals surface area (Å²) in [6.45, 7) is 4.60. The first-order valence-electron chi connectivity index (χ1n) is 6.12. The summed E-state index contributed by atoms with van der Waals surface area (Å²) < 4.78 is 0. The van der Waals surface area contributed by atoms with E-state index in [0.29, 0.717) is 5.92 Å². The molecule has 94 valence electrons. The van der Waals surface area contributed by atoms with Gasteiger partial charge in [0, 0.05) is 20.1 Å². The molecule has 0 saturated carbocycles. The summed E-state index contributed by atoms with van der Waals surface area (Å²) in [5.74, 6) is 0.521. The van der Waals surface area contributed by atoms with Gasteiger partial charge in [0.05, 0.1) is 0 Å². The number of piperidine rings is 1. The largest absolute Gasteiger partial charge is 0.384 e. The van der Waals surface area contributed by atoms with Crippen molar-refractivity contribution in [3.05, 3.63) is 0 Å². The zero-order valence-corrected chi connectivity index (χ0v) is 10.6. The molecule has 0 aliphatic carbocycles. The Morgan fingerprint density at radius 1 is 1.62 bits per heavy atom. The summed E-state index contributed by atoms with van der Waals surface area (Å²) in [6.07, 6.45) is 2.69. The Bertz CT molecular complexity index is 231. The van der Waals surface area contributed by atoms with Crippen LogP contribution in [0.4, 0.5) is 0 Å². The number of amides is 1. The maximum Gasteiger partial charge on any atom is 0.250 e. The van der Waals surface area contributed by atoms with Crippen LogP contribution in [0.1, 0.15) is 26.2 Å². The van der Waals surface area contributed by atoms with E-state index >= 15 is 0 Å². The lowest BCUT2D eigenvalue weighted by Gasteiger charge is -2.31. The van der Waals surface area contributed by atoms with Crippen molar-refractivity contribution in [1.29, 1.82) is 0 Å². The Morgan fingerprint density at radius 2 is 2.31 bits per heavy atom. The third-order valence-corrected chi connectivity index (χ3v) is 3.33. The van der Waals surface area contributed by atoms with Gasteiger partial charge in [-0.3, -0.25) is 4.79 Å². The number of nitrogens with zero attached hydrogens (tertiary/aromatic N) is 2. The van der Waals surface area contributed by atoms with Gasteiger partial charge in [-0.25, -0.2) is 0 Å². The molecule has 0 radical (unpaired) electrons. The standard InChI is InChI=1S/C12H24N2O2/c1-10(15)12(16)14(3)8-6-11-5-4-7-13(2)9-11/h10-11,15H,4-9H2,1-3H3. The van der Waals surface area contributed by atoms with Crippen molar-refractivity contribution in [2.75, 3.05) is 33.7 Å². The molecule has 1 amide bonds. The second-order valence-corrected chi connectivity index (χ2v) is 4.99. The van der Waals surface area contributed by atoms with Crippen molar-refractivity contribution in [1.82, 2.24) is 9.80 Å². The first kappa shape index (κ1) is 13.5. The summed E-state index contributed by atoms with van der Waals surface area (Å²) in [4.78, 5) is 15.4. The first-order valence-corrected chi connectivity index (χ1v) is 6.12. The number of likely N-dealkylation sites (tertiary alicyclic amines) is 1. The minimum absolute atomic E-state index is 0.177. The van der Waals surface area contributed by atoms with Crippen molar-refractivity contribution in [2.45, 2.75) is 32.3 Å². The van der Waals surface area contributed by atoms with Gasteiger partial charge in [0.25, 0.3) is 5.91 Å². The van der Waals surface area contributed by atoms with E-state index in [4.69, 9.17) is 0 Å². The highest BCUT2D eigenvalue weighted by atomic mass is 16.3. The number of carbonyl (C=O) groups excluding carboxylic acids is 1. The number of carbonyl (C=O) groups is 1. The molecular formula is C12H24N2O2. The van der Waals surface area contributed by atoms with Crippen LogP contribution in [0.25, 0.3) is 0 Å². The van der Waals surface area contributed by atoms with Crippen LogP contribution in [0.5, 0.6) is 0 Å². The molecule has 2 unspecified atom stereocenters. The van der Waals surface area contributed by atoms with Gasteiger partial charge in [0.1, 0.15) is 6.10 Å². The van der Waals surface area contributed by atoms with Crippen molar-refractivity contribution in [3.63, 3.8) is 0 Å². The van der Waals surface area contributed by atoms with Crippen LogP contribution in [0, 0.1) is 5.92 Å². The van der Waals surface area contributed by atoms with E-state index in [-0.39, 0.29) is 5.91 Å². The molecule has 1 fully saturated rings. The SMILES string of the molecule is CC(O)C(=O)N(C)CCC1CCCN(C)C1.